The lowest BCUT2D eigenvalue weighted by Gasteiger charge is -2.13. The van der Waals surface area contributed by atoms with E-state index in [1.807, 2.05) is 6.92 Å². The Balaban J connectivity index is 2.65. The molecule has 0 saturated carbocycles. The molecule has 1 aromatic heterocycles. The highest BCUT2D eigenvalue weighted by atomic mass is 32.2. The van der Waals surface area contributed by atoms with Gasteiger partial charge in [0.1, 0.15) is 0 Å². The van der Waals surface area contributed by atoms with E-state index in [0.717, 1.165) is 6.42 Å². The summed E-state index contributed by atoms with van der Waals surface area (Å²) in [6.45, 7) is 3.57. The first-order chi connectivity index (χ1) is 8.40. The molecular weight excluding hydrogens is 254 g/mol. The van der Waals surface area contributed by atoms with Crippen LogP contribution in [0.3, 0.4) is 0 Å². The van der Waals surface area contributed by atoms with Crippen molar-refractivity contribution in [1.29, 1.82) is 0 Å². The van der Waals surface area contributed by atoms with Crippen LogP contribution in [0.4, 0.5) is 5.95 Å². The van der Waals surface area contributed by atoms with Crippen molar-refractivity contribution in [3.05, 3.63) is 17.5 Å². The molecule has 6 nitrogen and oxygen atoms in total. The second kappa shape index (κ2) is 6.44. The van der Waals surface area contributed by atoms with Gasteiger partial charge in [-0.1, -0.05) is 0 Å². The minimum Gasteiger partial charge on any atom is -0.478 e. The number of anilines is 1. The van der Waals surface area contributed by atoms with Gasteiger partial charge in [-0.05, 0) is 20.3 Å². The third-order valence-electron chi connectivity index (χ3n) is 2.42. The summed E-state index contributed by atoms with van der Waals surface area (Å²) < 4.78 is 11.0. The molecule has 1 aromatic rings. The van der Waals surface area contributed by atoms with Crippen LogP contribution in [0.2, 0.25) is 0 Å². The number of aromatic carboxylic acids is 1. The average Bonchev–Trinajstić information content (AvgIpc) is 2.26. The van der Waals surface area contributed by atoms with Gasteiger partial charge in [0.2, 0.25) is 5.95 Å². The van der Waals surface area contributed by atoms with E-state index in [1.165, 1.54) is 6.20 Å². The van der Waals surface area contributed by atoms with Crippen molar-refractivity contribution in [2.24, 2.45) is 0 Å². The van der Waals surface area contributed by atoms with Gasteiger partial charge in [0, 0.05) is 35.0 Å². The van der Waals surface area contributed by atoms with Crippen LogP contribution in [0, 0.1) is 6.92 Å². The molecule has 2 atom stereocenters. The van der Waals surface area contributed by atoms with E-state index in [2.05, 4.69) is 15.3 Å². The second-order valence-electron chi connectivity index (χ2n) is 4.11. The number of rotatable bonds is 6. The highest BCUT2D eigenvalue weighted by Crippen LogP contribution is 2.09. The van der Waals surface area contributed by atoms with Crippen LogP contribution in [0.25, 0.3) is 0 Å². The highest BCUT2D eigenvalue weighted by molar-refractivity contribution is 7.84. The quantitative estimate of drug-likeness (QED) is 0.803. The molecular formula is C11H17N3O3S. The minimum absolute atomic E-state index is 0.0870. The topological polar surface area (TPSA) is 92.2 Å². The Bertz CT molecular complexity index is 465. The Morgan fingerprint density at radius 1 is 1.61 bits per heavy atom. The lowest BCUT2D eigenvalue weighted by molar-refractivity contribution is 0.0695. The normalized spacial score (nSPS) is 13.9. The first-order valence-corrected chi connectivity index (χ1v) is 7.26. The van der Waals surface area contributed by atoms with E-state index in [4.69, 9.17) is 5.11 Å². The molecule has 0 amide bonds. The molecule has 7 heteroatoms. The van der Waals surface area contributed by atoms with Gasteiger partial charge in [0.15, 0.2) is 0 Å². The van der Waals surface area contributed by atoms with Gasteiger partial charge in [-0.2, -0.15) is 0 Å². The van der Waals surface area contributed by atoms with E-state index in [1.54, 1.807) is 13.2 Å². The number of carboxylic acids is 1. The fourth-order valence-corrected chi connectivity index (χ4v) is 2.07. The van der Waals surface area contributed by atoms with Gasteiger partial charge in [-0.15, -0.1) is 0 Å². The number of nitrogens with one attached hydrogen (secondary N) is 1. The number of hydrogen-bond donors (Lipinski definition) is 2. The summed E-state index contributed by atoms with van der Waals surface area (Å²) in [5.74, 6) is -0.0271. The first-order valence-electron chi connectivity index (χ1n) is 5.53. The molecule has 0 spiro atoms. The van der Waals surface area contributed by atoms with Gasteiger partial charge < -0.3 is 10.4 Å². The molecule has 0 fully saturated rings. The molecule has 0 aromatic carbocycles. The van der Waals surface area contributed by atoms with Crippen molar-refractivity contribution in [2.45, 2.75) is 26.3 Å². The van der Waals surface area contributed by atoms with Crippen molar-refractivity contribution < 1.29 is 14.1 Å². The van der Waals surface area contributed by atoms with Crippen LogP contribution in [-0.4, -0.2) is 43.3 Å². The molecule has 0 aliphatic carbocycles. The maximum atomic E-state index is 11.0. The molecule has 0 radical (unpaired) electrons. The van der Waals surface area contributed by atoms with Gasteiger partial charge >= 0.3 is 5.97 Å². The van der Waals surface area contributed by atoms with Crippen LogP contribution >= 0.6 is 0 Å². The molecule has 1 rings (SSSR count). The number of hydrogen-bond acceptors (Lipinski definition) is 5. The standard InChI is InChI=1S/C11H17N3O3S/c1-7(4-5-18(3)17)13-11-12-6-9(10(15)16)8(2)14-11/h6-7H,4-5H2,1-3H3,(H,15,16)(H,12,13,14). The Kier molecular flexibility index (Phi) is 5.21. The van der Waals surface area contributed by atoms with E-state index in [-0.39, 0.29) is 11.6 Å². The molecule has 2 N–H and O–H groups in total. The van der Waals surface area contributed by atoms with Crippen LogP contribution in [0.1, 0.15) is 29.4 Å². The van der Waals surface area contributed by atoms with Gasteiger partial charge in [0.25, 0.3) is 0 Å². The van der Waals surface area contributed by atoms with Gasteiger partial charge in [-0.3, -0.25) is 4.21 Å². The molecule has 2 unspecified atom stereocenters. The smallest absolute Gasteiger partial charge is 0.339 e. The molecule has 0 aliphatic heterocycles. The van der Waals surface area contributed by atoms with Crippen molar-refractivity contribution in [3.63, 3.8) is 0 Å². The molecule has 18 heavy (non-hydrogen) atoms. The monoisotopic (exact) mass is 271 g/mol. The van der Waals surface area contributed by atoms with Crippen molar-refractivity contribution in [3.8, 4) is 0 Å². The zero-order valence-corrected chi connectivity index (χ0v) is 11.5. The lowest BCUT2D eigenvalue weighted by atomic mass is 10.2. The maximum Gasteiger partial charge on any atom is 0.339 e. The number of nitrogens with zero attached hydrogens (tertiary/aromatic N) is 2. The van der Waals surface area contributed by atoms with E-state index in [0.29, 0.717) is 17.4 Å². The molecule has 100 valence electrons. The minimum atomic E-state index is -1.03. The van der Waals surface area contributed by atoms with Gasteiger partial charge in [-0.25, -0.2) is 14.8 Å². The van der Waals surface area contributed by atoms with Crippen molar-refractivity contribution in [1.82, 2.24) is 9.97 Å². The summed E-state index contributed by atoms with van der Waals surface area (Å²) in [6.07, 6.45) is 3.69. The molecule has 0 saturated heterocycles. The van der Waals surface area contributed by atoms with Crippen molar-refractivity contribution >= 4 is 22.7 Å². The summed E-state index contributed by atoms with van der Waals surface area (Å²) >= 11 is 0. The summed E-state index contributed by atoms with van der Waals surface area (Å²) in [5, 5.41) is 11.9. The lowest BCUT2D eigenvalue weighted by Crippen LogP contribution is -2.20. The zero-order valence-electron chi connectivity index (χ0n) is 10.6. The summed E-state index contributed by atoms with van der Waals surface area (Å²) in [4.78, 5) is 18.8. The highest BCUT2D eigenvalue weighted by Gasteiger charge is 2.11. The van der Waals surface area contributed by atoms with E-state index in [9.17, 15) is 9.00 Å². The fraction of sp³-hybridized carbons (Fsp3) is 0.545. The third-order valence-corrected chi connectivity index (χ3v) is 3.23. The Labute approximate surface area is 108 Å². The third kappa shape index (κ3) is 4.40. The number of aryl methyl sites for hydroxylation is 1. The zero-order chi connectivity index (χ0) is 13.7. The Morgan fingerprint density at radius 2 is 2.28 bits per heavy atom. The number of carboxylic acid groups (broad SMARTS) is 1. The predicted molar refractivity (Wildman–Crippen MR) is 70.4 cm³/mol. The second-order valence-corrected chi connectivity index (χ2v) is 5.66. The number of carbonyl (C=O) groups is 1. The largest absolute Gasteiger partial charge is 0.478 e. The maximum absolute atomic E-state index is 11.0. The summed E-state index contributed by atoms with van der Waals surface area (Å²) in [7, 11) is -0.817. The van der Waals surface area contributed by atoms with Crippen molar-refractivity contribution in [2.75, 3.05) is 17.3 Å². The fourth-order valence-electron chi connectivity index (χ4n) is 1.38. The summed E-state index contributed by atoms with van der Waals surface area (Å²) in [6, 6.07) is 0.0870. The van der Waals surface area contributed by atoms with Gasteiger partial charge in [0.05, 0.1) is 11.3 Å². The van der Waals surface area contributed by atoms with E-state index >= 15 is 0 Å². The first kappa shape index (κ1) is 14.6. The average molecular weight is 271 g/mol. The molecule has 0 aliphatic rings. The molecule has 0 bridgehead atoms. The molecule has 1 heterocycles. The predicted octanol–water partition coefficient (Wildman–Crippen LogP) is 1.05. The van der Waals surface area contributed by atoms with Crippen LogP contribution < -0.4 is 5.32 Å². The SMILES string of the molecule is Cc1nc(NC(C)CCS(C)=O)ncc1C(=O)O. The van der Waals surface area contributed by atoms with Crippen LogP contribution in [0.15, 0.2) is 6.20 Å². The summed E-state index contributed by atoms with van der Waals surface area (Å²) in [5.41, 5.74) is 0.522. The van der Waals surface area contributed by atoms with Crippen LogP contribution in [0.5, 0.6) is 0 Å². The van der Waals surface area contributed by atoms with E-state index < -0.39 is 16.8 Å². The number of aromatic nitrogens is 2. The Hall–Kier alpha value is -1.50. The van der Waals surface area contributed by atoms with Crippen LogP contribution in [-0.2, 0) is 10.8 Å². The Morgan fingerprint density at radius 3 is 2.78 bits per heavy atom.